The molecule has 0 aromatic heterocycles. The zero-order chi connectivity index (χ0) is 38.5. The monoisotopic (exact) mass is 730 g/mol. The van der Waals surface area contributed by atoms with Crippen LogP contribution in [0.5, 0.6) is 0 Å². The summed E-state index contributed by atoms with van der Waals surface area (Å²) in [5.41, 5.74) is 0.786. The Morgan fingerprint density at radius 3 is 2.19 bits per heavy atom. The summed E-state index contributed by atoms with van der Waals surface area (Å²) in [5, 5.41) is 18.7. The number of likely N-dealkylation sites (N-methyl/N-ethyl adjacent to an activating group) is 1. The Morgan fingerprint density at radius 2 is 1.63 bits per heavy atom. The van der Waals surface area contributed by atoms with Crippen LogP contribution in [0.3, 0.4) is 0 Å². The molecule has 14 heteroatoms. The molecule has 0 unspecified atom stereocenters. The topological polar surface area (TPSA) is 170 Å². The van der Waals surface area contributed by atoms with Crippen molar-refractivity contribution in [1.82, 2.24) is 30.7 Å². The SMILES string of the molecule is CC[C@H](C)[C@@H]([C@@H](CC(=O)N1CCC[C@H]1[C@H](OC)[C@@H](C)C(=O)N[C@@H](Cc1ccccc1)C(=O)O)OC)N(C)C(=O)[C@@H](NC(=O)N1CCNCC1)C(C)C. The summed E-state index contributed by atoms with van der Waals surface area (Å²) in [6, 6.07) is 6.06. The number of nitrogens with one attached hydrogen (secondary N) is 3. The van der Waals surface area contributed by atoms with Crippen molar-refractivity contribution in [2.75, 3.05) is 54.0 Å². The summed E-state index contributed by atoms with van der Waals surface area (Å²) < 4.78 is 11.8. The highest BCUT2D eigenvalue weighted by molar-refractivity contribution is 5.88. The van der Waals surface area contributed by atoms with Crippen molar-refractivity contribution in [3.05, 3.63) is 35.9 Å². The molecule has 14 nitrogen and oxygen atoms in total. The van der Waals surface area contributed by atoms with Gasteiger partial charge in [-0.1, -0.05) is 71.4 Å². The zero-order valence-corrected chi connectivity index (χ0v) is 32.3. The summed E-state index contributed by atoms with van der Waals surface area (Å²) in [4.78, 5) is 72.0. The van der Waals surface area contributed by atoms with Crippen molar-refractivity contribution in [3.63, 3.8) is 0 Å². The molecule has 0 bridgehead atoms. The molecule has 4 N–H and O–H groups in total. The van der Waals surface area contributed by atoms with Crippen LogP contribution in [0.4, 0.5) is 4.79 Å². The Balaban J connectivity index is 1.74. The molecule has 2 fully saturated rings. The highest BCUT2D eigenvalue weighted by atomic mass is 16.5. The van der Waals surface area contributed by atoms with E-state index >= 15 is 0 Å². The van der Waals surface area contributed by atoms with E-state index in [1.807, 2.05) is 58.0 Å². The lowest BCUT2D eigenvalue weighted by Crippen LogP contribution is -2.60. The molecule has 292 valence electrons. The minimum Gasteiger partial charge on any atom is -0.480 e. The van der Waals surface area contributed by atoms with Crippen LogP contribution in [0, 0.1) is 17.8 Å². The molecular weight excluding hydrogens is 668 g/mol. The van der Waals surface area contributed by atoms with E-state index < -0.39 is 54.2 Å². The molecule has 1 aromatic carbocycles. The maximum Gasteiger partial charge on any atom is 0.326 e. The average Bonchev–Trinajstić information content (AvgIpc) is 3.63. The number of methoxy groups -OCH3 is 2. The lowest BCUT2D eigenvalue weighted by Gasteiger charge is -2.41. The molecular formula is C38H62N6O8. The van der Waals surface area contributed by atoms with Crippen LogP contribution in [0.2, 0.25) is 0 Å². The Hall–Kier alpha value is -3.75. The van der Waals surface area contributed by atoms with E-state index in [2.05, 4.69) is 16.0 Å². The third-order valence-electron chi connectivity index (χ3n) is 10.8. The number of piperazine rings is 1. The van der Waals surface area contributed by atoms with Gasteiger partial charge >= 0.3 is 12.0 Å². The van der Waals surface area contributed by atoms with E-state index in [4.69, 9.17) is 9.47 Å². The summed E-state index contributed by atoms with van der Waals surface area (Å²) in [7, 11) is 4.75. The Bertz CT molecular complexity index is 1330. The summed E-state index contributed by atoms with van der Waals surface area (Å²) in [6.45, 7) is 12.5. The molecule has 2 saturated heterocycles. The number of benzene rings is 1. The molecule has 0 radical (unpaired) electrons. The van der Waals surface area contributed by atoms with Gasteiger partial charge in [-0.3, -0.25) is 14.4 Å². The van der Waals surface area contributed by atoms with Crippen molar-refractivity contribution in [2.45, 2.75) is 103 Å². The lowest BCUT2D eigenvalue weighted by molar-refractivity contribution is -0.147. The molecule has 2 aliphatic heterocycles. The smallest absolute Gasteiger partial charge is 0.326 e. The van der Waals surface area contributed by atoms with Gasteiger partial charge in [-0.2, -0.15) is 0 Å². The summed E-state index contributed by atoms with van der Waals surface area (Å²) in [5.74, 6) is -3.00. The van der Waals surface area contributed by atoms with Crippen molar-refractivity contribution >= 4 is 29.7 Å². The van der Waals surface area contributed by atoms with E-state index in [-0.39, 0.29) is 42.5 Å². The largest absolute Gasteiger partial charge is 0.480 e. The predicted octanol–water partition coefficient (Wildman–Crippen LogP) is 2.36. The molecule has 5 amide bonds. The van der Waals surface area contributed by atoms with Crippen LogP contribution >= 0.6 is 0 Å². The number of rotatable bonds is 18. The lowest BCUT2D eigenvalue weighted by atomic mass is 9.89. The normalized spacial score (nSPS) is 20.3. The number of hydrogen-bond donors (Lipinski definition) is 4. The minimum absolute atomic E-state index is 0.00567. The van der Waals surface area contributed by atoms with Crippen molar-refractivity contribution in [1.29, 1.82) is 0 Å². The fourth-order valence-corrected chi connectivity index (χ4v) is 7.48. The number of carboxylic acids is 1. The van der Waals surface area contributed by atoms with E-state index in [0.29, 0.717) is 45.6 Å². The maximum atomic E-state index is 14.1. The number of aliphatic carboxylic acids is 1. The van der Waals surface area contributed by atoms with Crippen LogP contribution in [-0.2, 0) is 35.1 Å². The first-order valence-corrected chi connectivity index (χ1v) is 18.7. The van der Waals surface area contributed by atoms with Crippen molar-refractivity contribution in [3.8, 4) is 0 Å². The molecule has 0 saturated carbocycles. The van der Waals surface area contributed by atoms with Gasteiger partial charge in [0.2, 0.25) is 17.7 Å². The van der Waals surface area contributed by atoms with Crippen LogP contribution < -0.4 is 16.0 Å². The van der Waals surface area contributed by atoms with Gasteiger partial charge in [-0.25, -0.2) is 9.59 Å². The zero-order valence-electron chi connectivity index (χ0n) is 32.3. The summed E-state index contributed by atoms with van der Waals surface area (Å²) in [6.07, 6.45) is 0.847. The van der Waals surface area contributed by atoms with E-state index in [1.165, 1.54) is 14.2 Å². The minimum atomic E-state index is -1.14. The van der Waals surface area contributed by atoms with Crippen LogP contribution in [0.25, 0.3) is 0 Å². The third-order valence-corrected chi connectivity index (χ3v) is 10.8. The van der Waals surface area contributed by atoms with Crippen LogP contribution in [0.15, 0.2) is 30.3 Å². The molecule has 2 heterocycles. The van der Waals surface area contributed by atoms with Crippen LogP contribution in [-0.4, -0.2) is 140 Å². The number of ether oxygens (including phenoxy) is 2. The first kappa shape index (κ1) is 42.7. The van der Waals surface area contributed by atoms with Gasteiger partial charge in [0.05, 0.1) is 36.6 Å². The number of carbonyl (C=O) groups excluding carboxylic acids is 4. The van der Waals surface area contributed by atoms with Crippen molar-refractivity contribution < 1.29 is 38.6 Å². The highest BCUT2D eigenvalue weighted by Gasteiger charge is 2.43. The van der Waals surface area contributed by atoms with Crippen molar-refractivity contribution in [2.24, 2.45) is 17.8 Å². The molecule has 52 heavy (non-hydrogen) atoms. The first-order valence-electron chi connectivity index (χ1n) is 18.7. The number of carbonyl (C=O) groups is 5. The predicted molar refractivity (Wildman–Crippen MR) is 197 cm³/mol. The van der Waals surface area contributed by atoms with Gasteiger partial charge in [-0.05, 0) is 30.2 Å². The van der Waals surface area contributed by atoms with Gasteiger partial charge in [0.1, 0.15) is 12.1 Å². The third kappa shape index (κ3) is 11.1. The Kier molecular flexibility index (Phi) is 16.8. The number of urea groups is 1. The maximum absolute atomic E-state index is 14.1. The number of nitrogens with zero attached hydrogens (tertiary/aromatic N) is 3. The van der Waals surface area contributed by atoms with Gasteiger partial charge in [0, 0.05) is 60.4 Å². The fourth-order valence-electron chi connectivity index (χ4n) is 7.48. The average molecular weight is 731 g/mol. The molecule has 2 aliphatic rings. The first-order chi connectivity index (χ1) is 24.7. The van der Waals surface area contributed by atoms with Gasteiger partial charge in [0.25, 0.3) is 0 Å². The highest BCUT2D eigenvalue weighted by Crippen LogP contribution is 2.29. The van der Waals surface area contributed by atoms with E-state index in [9.17, 15) is 29.1 Å². The standard InChI is InChI=1S/C38H62N6O8/c1-9-25(4)33(42(6)36(47)32(24(2)3)41-38(50)43-20-17-39-18-21-43)30(51-7)23-31(45)44-19-13-16-29(44)34(52-8)26(5)35(46)40-28(37(48)49)22-27-14-11-10-12-15-27/h10-12,14-15,24-26,28-30,32-34,39H,9,13,16-23H2,1-8H3,(H,40,46)(H,41,50)(H,48,49)/t25-,26+,28-,29-,30+,32-,33-,34+/m0/s1. The number of hydrogen-bond acceptors (Lipinski definition) is 8. The van der Waals surface area contributed by atoms with E-state index in [0.717, 1.165) is 12.0 Å². The second-order valence-corrected chi connectivity index (χ2v) is 14.6. The van der Waals surface area contributed by atoms with Crippen LogP contribution in [0.1, 0.15) is 65.9 Å². The molecule has 1 aromatic rings. The second-order valence-electron chi connectivity index (χ2n) is 14.6. The molecule has 0 aliphatic carbocycles. The van der Waals surface area contributed by atoms with Gasteiger partial charge in [0.15, 0.2) is 0 Å². The number of carboxylic acid groups (broad SMARTS) is 1. The Morgan fingerprint density at radius 1 is 0.981 bits per heavy atom. The van der Waals surface area contributed by atoms with E-state index in [1.54, 1.807) is 28.7 Å². The quantitative estimate of drug-likeness (QED) is 0.177. The molecule has 3 rings (SSSR count). The molecule has 8 atom stereocenters. The number of likely N-dealkylation sites (tertiary alicyclic amines) is 1. The van der Waals surface area contributed by atoms with Gasteiger partial charge in [-0.15, -0.1) is 0 Å². The fraction of sp³-hybridized carbons (Fsp3) is 0.711. The summed E-state index contributed by atoms with van der Waals surface area (Å²) >= 11 is 0. The second kappa shape index (κ2) is 20.5. The number of amides is 5. The van der Waals surface area contributed by atoms with Gasteiger partial charge < -0.3 is 45.2 Å². The molecule has 0 spiro atoms. The Labute approximate surface area is 309 Å².